The van der Waals surface area contributed by atoms with E-state index >= 15 is 0 Å². The van der Waals surface area contributed by atoms with Crippen molar-refractivity contribution >= 4 is 24.7 Å². The Morgan fingerprint density at radius 3 is 2.14 bits per heavy atom. The largest absolute Gasteiger partial charge is 0.0928 e. The van der Waals surface area contributed by atoms with Crippen LogP contribution in [0.1, 0.15) is 6.42 Å². The molecule has 0 aliphatic carbocycles. The first kappa shape index (κ1) is 7.70. The van der Waals surface area contributed by atoms with E-state index in [0.29, 0.717) is 0 Å². The molecule has 0 rings (SSSR count). The van der Waals surface area contributed by atoms with Crippen molar-refractivity contribution in [2.45, 2.75) is 25.6 Å². The van der Waals surface area contributed by atoms with E-state index in [9.17, 15) is 0 Å². The van der Waals surface area contributed by atoms with E-state index < -0.39 is 0 Å². The molecule has 0 amide bonds. The molecule has 0 nitrogen and oxygen atoms in total. The lowest BCUT2D eigenvalue weighted by Gasteiger charge is -1.95. The van der Waals surface area contributed by atoms with Crippen LogP contribution in [0.2, 0.25) is 19.1 Å². The van der Waals surface area contributed by atoms with Gasteiger partial charge in [0.25, 0.3) is 0 Å². The van der Waals surface area contributed by atoms with Gasteiger partial charge in [0.2, 0.25) is 0 Å². The van der Waals surface area contributed by atoms with Gasteiger partial charge in [0, 0.05) is 14.1 Å². The number of alkyl halides is 1. The summed E-state index contributed by atoms with van der Waals surface area (Å²) in [6.45, 7) is 4.71. The molecule has 2 heteroatoms. The van der Waals surface area contributed by atoms with Crippen molar-refractivity contribution in [3.63, 3.8) is 0 Å². The third kappa shape index (κ3) is 6.70. The van der Waals surface area contributed by atoms with Crippen LogP contribution in [0.3, 0.4) is 0 Å². The Hall–Kier alpha value is 0.697. The molecular weight excluding hydrogens is 168 g/mol. The average Bonchev–Trinajstić information content (AvgIpc) is 1.61. The zero-order chi connectivity index (χ0) is 5.70. The Labute approximate surface area is 56.0 Å². The molecule has 0 fully saturated rings. The van der Waals surface area contributed by atoms with Gasteiger partial charge in [0.1, 0.15) is 0 Å². The first-order chi connectivity index (χ1) is 3.27. The fraction of sp³-hybridized carbons (Fsp3) is 1.00. The highest BCUT2D eigenvalue weighted by Gasteiger charge is 1.91. The molecule has 0 aromatic carbocycles. The number of hydrogen-bond donors (Lipinski definition) is 0. The van der Waals surface area contributed by atoms with E-state index in [1.807, 2.05) is 0 Å². The summed E-state index contributed by atoms with van der Waals surface area (Å²) < 4.78 is 0. The van der Waals surface area contributed by atoms with Gasteiger partial charge < -0.3 is 0 Å². The number of hydrogen-bond acceptors (Lipinski definition) is 0. The molecule has 0 atom stereocenters. The predicted octanol–water partition coefficient (Wildman–Crippen LogP) is 2.53. The minimum atomic E-state index is 0.0727. The Morgan fingerprint density at radius 2 is 2.00 bits per heavy atom. The third-order valence-corrected chi connectivity index (χ3v) is 2.72. The lowest BCUT2D eigenvalue weighted by molar-refractivity contribution is 1.09. The average molecular weight is 180 g/mol. The molecule has 0 N–H and O–H groups in total. The first-order valence-electron chi connectivity index (χ1n) is 2.62. The summed E-state index contributed by atoms with van der Waals surface area (Å²) in [5.74, 6) is 0. The van der Waals surface area contributed by atoms with Crippen LogP contribution in [0.25, 0.3) is 0 Å². The van der Waals surface area contributed by atoms with Crippen molar-refractivity contribution in [2.75, 3.05) is 5.33 Å². The topological polar surface area (TPSA) is 0 Å². The zero-order valence-electron chi connectivity index (χ0n) is 5.00. The van der Waals surface area contributed by atoms with Crippen LogP contribution >= 0.6 is 15.9 Å². The normalized spacial score (nSPS) is 10.3. The van der Waals surface area contributed by atoms with Crippen molar-refractivity contribution < 1.29 is 0 Å². The quantitative estimate of drug-likeness (QED) is 0.462. The SMILES string of the molecule is C[Si](C)CCCBr. The van der Waals surface area contributed by atoms with Crippen LogP contribution in [0, 0.1) is 0 Å². The standard InChI is InChI=1S/C5H12BrSi/c1-7(2)5-3-4-6/h3-5H2,1-2H3. The van der Waals surface area contributed by atoms with Gasteiger partial charge in [-0.3, -0.25) is 0 Å². The van der Waals surface area contributed by atoms with Gasteiger partial charge in [-0.1, -0.05) is 35.1 Å². The zero-order valence-corrected chi connectivity index (χ0v) is 7.59. The summed E-state index contributed by atoms with van der Waals surface area (Å²) in [5, 5.41) is 1.18. The molecule has 0 bridgehead atoms. The Balaban J connectivity index is 2.68. The van der Waals surface area contributed by atoms with Crippen LogP contribution < -0.4 is 0 Å². The van der Waals surface area contributed by atoms with Crippen molar-refractivity contribution in [2.24, 2.45) is 0 Å². The molecule has 0 aromatic heterocycles. The maximum atomic E-state index is 3.39. The minimum Gasteiger partial charge on any atom is -0.0928 e. The highest BCUT2D eigenvalue weighted by Crippen LogP contribution is 1.98. The van der Waals surface area contributed by atoms with E-state index in [2.05, 4.69) is 29.0 Å². The number of rotatable bonds is 3. The predicted molar refractivity (Wildman–Crippen MR) is 40.7 cm³/mol. The van der Waals surface area contributed by atoms with Crippen molar-refractivity contribution in [1.29, 1.82) is 0 Å². The molecule has 0 spiro atoms. The molecule has 0 aliphatic rings. The van der Waals surface area contributed by atoms with Crippen molar-refractivity contribution in [3.8, 4) is 0 Å². The summed E-state index contributed by atoms with van der Waals surface area (Å²) in [6, 6.07) is 1.45. The Kier molecular flexibility index (Phi) is 5.33. The highest BCUT2D eigenvalue weighted by molar-refractivity contribution is 9.09. The molecular formula is C5H12BrSi. The molecule has 0 aromatic rings. The van der Waals surface area contributed by atoms with E-state index in [4.69, 9.17) is 0 Å². The summed E-state index contributed by atoms with van der Waals surface area (Å²) in [4.78, 5) is 0. The summed E-state index contributed by atoms with van der Waals surface area (Å²) in [7, 11) is 0.0727. The number of halogens is 1. The first-order valence-corrected chi connectivity index (χ1v) is 6.45. The maximum absolute atomic E-state index is 3.39. The molecule has 0 aliphatic heterocycles. The fourth-order valence-electron chi connectivity index (χ4n) is 0.420. The Bertz CT molecular complexity index is 37.1. The third-order valence-electron chi connectivity index (χ3n) is 0.810. The molecule has 1 radical (unpaired) electrons. The van der Waals surface area contributed by atoms with Gasteiger partial charge in [-0.05, 0) is 6.42 Å². The maximum Gasteiger partial charge on any atom is 0.0413 e. The fourth-order valence-corrected chi connectivity index (χ4v) is 2.10. The van der Waals surface area contributed by atoms with Gasteiger partial charge in [-0.2, -0.15) is 0 Å². The second kappa shape index (κ2) is 4.85. The van der Waals surface area contributed by atoms with Crippen LogP contribution in [0.4, 0.5) is 0 Å². The lowest BCUT2D eigenvalue weighted by atomic mass is 10.6. The monoisotopic (exact) mass is 179 g/mol. The van der Waals surface area contributed by atoms with Gasteiger partial charge in [-0.15, -0.1) is 0 Å². The van der Waals surface area contributed by atoms with Gasteiger partial charge in [0.15, 0.2) is 0 Å². The summed E-state index contributed by atoms with van der Waals surface area (Å²) >= 11 is 3.39. The van der Waals surface area contributed by atoms with Crippen LogP contribution in [-0.4, -0.2) is 14.1 Å². The molecule has 0 unspecified atom stereocenters. The smallest absolute Gasteiger partial charge is 0.0413 e. The van der Waals surface area contributed by atoms with E-state index in [-0.39, 0.29) is 8.80 Å². The molecule has 7 heavy (non-hydrogen) atoms. The summed E-state index contributed by atoms with van der Waals surface area (Å²) in [6.07, 6.45) is 1.36. The lowest BCUT2D eigenvalue weighted by Crippen LogP contribution is -1.97. The van der Waals surface area contributed by atoms with Crippen molar-refractivity contribution in [3.05, 3.63) is 0 Å². The van der Waals surface area contributed by atoms with E-state index in [0.717, 1.165) is 0 Å². The van der Waals surface area contributed by atoms with Gasteiger partial charge in [-0.25, -0.2) is 0 Å². The van der Waals surface area contributed by atoms with Crippen molar-refractivity contribution in [1.82, 2.24) is 0 Å². The van der Waals surface area contributed by atoms with Crippen LogP contribution in [-0.2, 0) is 0 Å². The second-order valence-electron chi connectivity index (χ2n) is 2.00. The van der Waals surface area contributed by atoms with Gasteiger partial charge in [0.05, 0.1) is 0 Å². The minimum absolute atomic E-state index is 0.0727. The molecule has 43 valence electrons. The van der Waals surface area contributed by atoms with E-state index in [1.165, 1.54) is 17.8 Å². The van der Waals surface area contributed by atoms with E-state index in [1.54, 1.807) is 0 Å². The summed E-state index contributed by atoms with van der Waals surface area (Å²) in [5.41, 5.74) is 0. The molecule has 0 saturated heterocycles. The van der Waals surface area contributed by atoms with Crippen LogP contribution in [0.5, 0.6) is 0 Å². The highest BCUT2D eigenvalue weighted by atomic mass is 79.9. The van der Waals surface area contributed by atoms with Gasteiger partial charge >= 0.3 is 0 Å². The molecule has 0 saturated carbocycles. The second-order valence-corrected chi connectivity index (χ2v) is 5.71. The molecule has 0 heterocycles. The Morgan fingerprint density at radius 1 is 1.43 bits per heavy atom. The van der Waals surface area contributed by atoms with Crippen LogP contribution in [0.15, 0.2) is 0 Å².